The molecule has 1 aromatic carbocycles. The van der Waals surface area contributed by atoms with Gasteiger partial charge in [0.2, 0.25) is 0 Å². The minimum Gasteiger partial charge on any atom is -0.311 e. The number of aromatic amines is 1. The first kappa shape index (κ1) is 17.9. The van der Waals surface area contributed by atoms with Crippen molar-refractivity contribution in [2.75, 3.05) is 0 Å². The predicted molar refractivity (Wildman–Crippen MR) is 90.8 cm³/mol. The number of aryl methyl sites for hydroxylation is 1. The number of alkyl halides is 3. The Morgan fingerprint density at radius 2 is 1.81 bits per heavy atom. The van der Waals surface area contributed by atoms with Gasteiger partial charge in [0, 0.05) is 17.3 Å². The monoisotopic (exact) mass is 362 g/mol. The largest absolute Gasteiger partial charge is 0.416 e. The lowest BCUT2D eigenvalue weighted by atomic mass is 10.1. The van der Waals surface area contributed by atoms with E-state index in [-0.39, 0.29) is 11.6 Å². The molecule has 0 aliphatic carbocycles. The summed E-state index contributed by atoms with van der Waals surface area (Å²) in [6, 6.07) is 6.15. The molecule has 0 aliphatic heterocycles. The van der Waals surface area contributed by atoms with E-state index in [0.29, 0.717) is 22.6 Å². The van der Waals surface area contributed by atoms with E-state index in [9.17, 15) is 18.0 Å². The molecule has 5 nitrogen and oxygen atoms in total. The standard InChI is InChI=1S/C18H17F3N4O/c1-10(13-4-6-14(7-5-13)18(19,20)21)25-11(2)15(9-22-25)16-8-17(26)24-12(3)23-16/h4-10H,1-3H3,(H,23,24,26)/t10-/m0/s1. The van der Waals surface area contributed by atoms with Crippen molar-refractivity contribution in [3.8, 4) is 11.3 Å². The van der Waals surface area contributed by atoms with Gasteiger partial charge in [-0.3, -0.25) is 9.48 Å². The Balaban J connectivity index is 1.95. The van der Waals surface area contributed by atoms with Gasteiger partial charge in [-0.2, -0.15) is 18.3 Å². The predicted octanol–water partition coefficient (Wildman–Crippen LogP) is 3.88. The molecule has 0 saturated carbocycles. The van der Waals surface area contributed by atoms with E-state index in [4.69, 9.17) is 0 Å². The van der Waals surface area contributed by atoms with Crippen LogP contribution in [0.3, 0.4) is 0 Å². The van der Waals surface area contributed by atoms with Gasteiger partial charge in [-0.05, 0) is 38.5 Å². The van der Waals surface area contributed by atoms with E-state index < -0.39 is 11.7 Å². The van der Waals surface area contributed by atoms with Gasteiger partial charge in [0.25, 0.3) is 5.56 Å². The highest BCUT2D eigenvalue weighted by Crippen LogP contribution is 2.31. The molecule has 0 amide bonds. The van der Waals surface area contributed by atoms with Crippen LogP contribution in [0, 0.1) is 13.8 Å². The van der Waals surface area contributed by atoms with Gasteiger partial charge in [-0.1, -0.05) is 12.1 Å². The molecule has 0 radical (unpaired) electrons. The number of halogens is 3. The van der Waals surface area contributed by atoms with Gasteiger partial charge < -0.3 is 4.98 Å². The lowest BCUT2D eigenvalue weighted by Gasteiger charge is -2.16. The molecular weight excluding hydrogens is 345 g/mol. The van der Waals surface area contributed by atoms with Crippen LogP contribution in [0.5, 0.6) is 0 Å². The molecule has 3 rings (SSSR count). The highest BCUT2D eigenvalue weighted by molar-refractivity contribution is 5.60. The molecule has 0 aliphatic rings. The number of nitrogens with zero attached hydrogens (tertiary/aromatic N) is 3. The maximum Gasteiger partial charge on any atom is 0.416 e. The topological polar surface area (TPSA) is 63.6 Å². The van der Waals surface area contributed by atoms with Gasteiger partial charge in [0.15, 0.2) is 0 Å². The van der Waals surface area contributed by atoms with Crippen LogP contribution in [-0.2, 0) is 6.18 Å². The summed E-state index contributed by atoms with van der Waals surface area (Å²) >= 11 is 0. The normalized spacial score (nSPS) is 13.0. The fourth-order valence-corrected chi connectivity index (χ4v) is 2.87. The number of benzene rings is 1. The van der Waals surface area contributed by atoms with Crippen molar-refractivity contribution in [2.45, 2.75) is 33.0 Å². The van der Waals surface area contributed by atoms with Crippen molar-refractivity contribution < 1.29 is 13.2 Å². The van der Waals surface area contributed by atoms with E-state index in [1.54, 1.807) is 17.8 Å². The summed E-state index contributed by atoms with van der Waals surface area (Å²) in [6.07, 6.45) is -2.75. The summed E-state index contributed by atoms with van der Waals surface area (Å²) in [4.78, 5) is 18.6. The molecule has 0 saturated heterocycles. The Hall–Kier alpha value is -2.90. The highest BCUT2D eigenvalue weighted by Gasteiger charge is 2.30. The van der Waals surface area contributed by atoms with E-state index in [0.717, 1.165) is 17.8 Å². The zero-order chi connectivity index (χ0) is 19.1. The number of hydrogen-bond acceptors (Lipinski definition) is 3. The van der Waals surface area contributed by atoms with Crippen LogP contribution in [-0.4, -0.2) is 19.7 Å². The van der Waals surface area contributed by atoms with Crippen LogP contribution in [0.25, 0.3) is 11.3 Å². The van der Waals surface area contributed by atoms with Crippen molar-refractivity contribution >= 4 is 0 Å². The lowest BCUT2D eigenvalue weighted by molar-refractivity contribution is -0.137. The van der Waals surface area contributed by atoms with E-state index in [1.165, 1.54) is 18.2 Å². The van der Waals surface area contributed by atoms with Crippen molar-refractivity contribution in [3.63, 3.8) is 0 Å². The molecule has 3 aromatic rings. The van der Waals surface area contributed by atoms with Crippen molar-refractivity contribution in [1.29, 1.82) is 0 Å². The molecule has 0 spiro atoms. The molecule has 2 heterocycles. The maximum atomic E-state index is 12.7. The molecule has 0 fully saturated rings. The fraction of sp³-hybridized carbons (Fsp3) is 0.278. The smallest absolute Gasteiger partial charge is 0.311 e. The first-order valence-corrected chi connectivity index (χ1v) is 7.96. The average molecular weight is 362 g/mol. The summed E-state index contributed by atoms with van der Waals surface area (Å²) < 4.78 is 39.8. The van der Waals surface area contributed by atoms with Crippen LogP contribution in [0.15, 0.2) is 41.3 Å². The van der Waals surface area contributed by atoms with Crippen molar-refractivity contribution in [2.24, 2.45) is 0 Å². The van der Waals surface area contributed by atoms with E-state index in [2.05, 4.69) is 15.1 Å². The summed E-state index contributed by atoms with van der Waals surface area (Å²) in [7, 11) is 0. The van der Waals surface area contributed by atoms with Gasteiger partial charge in [-0.15, -0.1) is 0 Å². The Kier molecular flexibility index (Phi) is 4.43. The van der Waals surface area contributed by atoms with Gasteiger partial charge >= 0.3 is 6.18 Å². The average Bonchev–Trinajstić information content (AvgIpc) is 2.94. The number of rotatable bonds is 3. The number of H-pyrrole nitrogens is 1. The Labute approximate surface area is 147 Å². The van der Waals surface area contributed by atoms with Crippen LogP contribution in [0.4, 0.5) is 13.2 Å². The molecular formula is C18H17F3N4O. The zero-order valence-corrected chi connectivity index (χ0v) is 14.4. The van der Waals surface area contributed by atoms with Gasteiger partial charge in [0.1, 0.15) is 5.82 Å². The quantitative estimate of drug-likeness (QED) is 0.769. The van der Waals surface area contributed by atoms with Crippen molar-refractivity contribution in [1.82, 2.24) is 19.7 Å². The van der Waals surface area contributed by atoms with Crippen LogP contribution < -0.4 is 5.56 Å². The fourth-order valence-electron chi connectivity index (χ4n) is 2.87. The molecule has 2 aromatic heterocycles. The number of aromatic nitrogens is 4. The van der Waals surface area contributed by atoms with Crippen LogP contribution in [0.2, 0.25) is 0 Å². The van der Waals surface area contributed by atoms with Gasteiger partial charge in [0.05, 0.1) is 23.5 Å². The molecule has 26 heavy (non-hydrogen) atoms. The second-order valence-electron chi connectivity index (χ2n) is 6.10. The minimum absolute atomic E-state index is 0.254. The molecule has 1 atom stereocenters. The summed E-state index contributed by atoms with van der Waals surface area (Å²) in [6.45, 7) is 5.37. The highest BCUT2D eigenvalue weighted by atomic mass is 19.4. The Morgan fingerprint density at radius 3 is 2.38 bits per heavy atom. The summed E-state index contributed by atoms with van der Waals surface area (Å²) in [5, 5.41) is 4.34. The first-order chi connectivity index (χ1) is 12.2. The SMILES string of the molecule is Cc1nc(-c2cnn([C@@H](C)c3ccc(C(F)(F)F)cc3)c2C)cc(=O)[nH]1. The third-order valence-corrected chi connectivity index (χ3v) is 4.27. The number of nitrogens with one attached hydrogen (secondary N) is 1. The second-order valence-corrected chi connectivity index (χ2v) is 6.10. The van der Waals surface area contributed by atoms with Crippen molar-refractivity contribution in [3.05, 3.63) is 69.5 Å². The summed E-state index contributed by atoms with van der Waals surface area (Å²) in [5.41, 5.74) is 1.75. The molecule has 0 unspecified atom stereocenters. The van der Waals surface area contributed by atoms with Gasteiger partial charge in [-0.25, -0.2) is 4.98 Å². The molecule has 8 heteroatoms. The van der Waals surface area contributed by atoms with Crippen LogP contribution in [0.1, 0.15) is 35.6 Å². The Morgan fingerprint density at radius 1 is 1.15 bits per heavy atom. The zero-order valence-electron chi connectivity index (χ0n) is 14.4. The van der Waals surface area contributed by atoms with E-state index >= 15 is 0 Å². The maximum absolute atomic E-state index is 12.7. The molecule has 1 N–H and O–H groups in total. The molecule has 136 valence electrons. The molecule has 0 bridgehead atoms. The third kappa shape index (κ3) is 3.40. The van der Waals surface area contributed by atoms with Crippen LogP contribution >= 0.6 is 0 Å². The second kappa shape index (κ2) is 6.44. The third-order valence-electron chi connectivity index (χ3n) is 4.27. The Bertz CT molecular complexity index is 987. The number of hydrogen-bond donors (Lipinski definition) is 1. The minimum atomic E-state index is -4.36. The first-order valence-electron chi connectivity index (χ1n) is 7.96. The summed E-state index contributed by atoms with van der Waals surface area (Å²) in [5.74, 6) is 0.496. The lowest BCUT2D eigenvalue weighted by Crippen LogP contribution is -2.12. The van der Waals surface area contributed by atoms with E-state index in [1.807, 2.05) is 13.8 Å².